The highest BCUT2D eigenvalue weighted by Gasteiger charge is 2.56. The standard InChI is InChI=1S/C25H27N3O3S.2C2HF3O2/c1-31-24-21(10-7-15-26-24)19-27-16-13-25(14-17-27)22-11-5-6-12-23(22)28(32(25,29)30)18-20-8-3-2-4-9-20;2*3-2(4,5)1(6)7/h2-12,15H,13-14,16-19H2,1H3;2*(H,6,7). The molecule has 1 spiro atoms. The highest BCUT2D eigenvalue weighted by molar-refractivity contribution is 7.94. The number of nitrogens with zero attached hydrogens (tertiary/aromatic N) is 3. The number of pyridine rings is 1. The lowest BCUT2D eigenvalue weighted by molar-refractivity contribution is -0.193. The minimum Gasteiger partial charge on any atom is -0.481 e. The van der Waals surface area contributed by atoms with Gasteiger partial charge in [0.05, 0.1) is 19.3 Å². The highest BCUT2D eigenvalue weighted by atomic mass is 32.2. The fraction of sp³-hybridized carbons (Fsp3) is 0.345. The number of carboxylic acids is 2. The molecular formula is C29H29F6N3O7S. The molecule has 17 heteroatoms. The number of sulfonamides is 1. The van der Waals surface area contributed by atoms with Crippen LogP contribution in [-0.2, 0) is 37.4 Å². The minimum atomic E-state index is -5.08. The van der Waals surface area contributed by atoms with E-state index in [0.29, 0.717) is 44.9 Å². The van der Waals surface area contributed by atoms with Gasteiger partial charge in [-0.15, -0.1) is 0 Å². The van der Waals surface area contributed by atoms with Gasteiger partial charge in [0.25, 0.3) is 0 Å². The summed E-state index contributed by atoms with van der Waals surface area (Å²) in [6.07, 6.45) is -7.31. The molecule has 2 aromatic carbocycles. The van der Waals surface area contributed by atoms with Crippen LogP contribution >= 0.6 is 0 Å². The van der Waals surface area contributed by atoms with Gasteiger partial charge < -0.3 is 14.9 Å². The van der Waals surface area contributed by atoms with Gasteiger partial charge in [-0.3, -0.25) is 9.21 Å². The number of anilines is 1. The van der Waals surface area contributed by atoms with Gasteiger partial charge in [0.15, 0.2) is 0 Å². The maximum atomic E-state index is 14.0. The van der Waals surface area contributed by atoms with Crippen molar-refractivity contribution in [2.45, 2.75) is 43.0 Å². The molecule has 46 heavy (non-hydrogen) atoms. The SMILES string of the molecule is COc1ncccc1CN1CCC2(CC1)c1ccccc1N(Cc1ccccc1)S2(=O)=O.O=C(O)C(F)(F)F.O=C(O)C(F)(F)F. The summed E-state index contributed by atoms with van der Waals surface area (Å²) < 4.78 is 97.6. The first-order valence-corrected chi connectivity index (χ1v) is 14.8. The number of aliphatic carboxylic acids is 2. The zero-order valence-electron chi connectivity index (χ0n) is 24.1. The van der Waals surface area contributed by atoms with Gasteiger partial charge in [0.1, 0.15) is 4.75 Å². The average molecular weight is 678 g/mol. The lowest BCUT2D eigenvalue weighted by Crippen LogP contribution is -2.48. The van der Waals surface area contributed by atoms with Gasteiger partial charge in [0, 0.05) is 31.4 Å². The van der Waals surface area contributed by atoms with Crippen LogP contribution in [0.15, 0.2) is 72.9 Å². The van der Waals surface area contributed by atoms with Gasteiger partial charge in [-0.25, -0.2) is 23.0 Å². The third-order valence-corrected chi connectivity index (χ3v) is 9.72. The van der Waals surface area contributed by atoms with E-state index in [-0.39, 0.29) is 0 Å². The number of likely N-dealkylation sites (tertiary alicyclic amines) is 1. The third kappa shape index (κ3) is 8.25. The molecule has 10 nitrogen and oxygen atoms in total. The van der Waals surface area contributed by atoms with E-state index in [1.54, 1.807) is 17.6 Å². The van der Waals surface area contributed by atoms with E-state index in [1.165, 1.54) is 0 Å². The number of halogens is 6. The van der Waals surface area contributed by atoms with Gasteiger partial charge in [0.2, 0.25) is 15.9 Å². The Balaban J connectivity index is 0.000000345. The van der Waals surface area contributed by atoms with Crippen molar-refractivity contribution in [2.24, 2.45) is 0 Å². The molecule has 1 aromatic heterocycles. The maximum absolute atomic E-state index is 14.0. The quantitative estimate of drug-likeness (QED) is 0.349. The third-order valence-electron chi connectivity index (χ3n) is 7.20. The van der Waals surface area contributed by atoms with E-state index >= 15 is 0 Å². The van der Waals surface area contributed by atoms with Crippen LogP contribution in [0.1, 0.15) is 29.5 Å². The van der Waals surface area contributed by atoms with Crippen molar-refractivity contribution in [2.75, 3.05) is 24.5 Å². The van der Waals surface area contributed by atoms with Gasteiger partial charge in [-0.2, -0.15) is 26.3 Å². The molecule has 3 aromatic rings. The smallest absolute Gasteiger partial charge is 0.481 e. The number of carboxylic acid groups (broad SMARTS) is 2. The molecule has 0 saturated carbocycles. The fourth-order valence-corrected chi connectivity index (χ4v) is 7.35. The number of hydrogen-bond donors (Lipinski definition) is 2. The largest absolute Gasteiger partial charge is 0.490 e. The summed E-state index contributed by atoms with van der Waals surface area (Å²) in [5.41, 5.74) is 3.77. The lowest BCUT2D eigenvalue weighted by atomic mass is 9.87. The molecule has 250 valence electrons. The van der Waals surface area contributed by atoms with E-state index in [2.05, 4.69) is 9.88 Å². The first kappa shape index (κ1) is 36.1. The van der Waals surface area contributed by atoms with Gasteiger partial charge in [-0.05, 0) is 36.1 Å². The summed E-state index contributed by atoms with van der Waals surface area (Å²) in [6.45, 7) is 2.45. The number of rotatable bonds is 5. The Bertz CT molecular complexity index is 1590. The molecule has 0 amide bonds. The lowest BCUT2D eigenvalue weighted by Gasteiger charge is -2.39. The Morgan fingerprint density at radius 3 is 1.89 bits per heavy atom. The molecule has 5 rings (SSSR count). The Morgan fingerprint density at radius 1 is 0.848 bits per heavy atom. The number of piperidine rings is 1. The Kier molecular flexibility index (Phi) is 11.3. The van der Waals surface area contributed by atoms with Crippen molar-refractivity contribution in [3.63, 3.8) is 0 Å². The number of benzene rings is 2. The zero-order valence-corrected chi connectivity index (χ0v) is 24.9. The van der Waals surface area contributed by atoms with Gasteiger partial charge >= 0.3 is 24.3 Å². The van der Waals surface area contributed by atoms with Crippen LogP contribution in [-0.4, -0.2) is 73.0 Å². The van der Waals surface area contributed by atoms with Gasteiger partial charge in [-0.1, -0.05) is 54.6 Å². The van der Waals surface area contributed by atoms with Crippen LogP contribution in [0.25, 0.3) is 0 Å². The van der Waals surface area contributed by atoms with Crippen molar-refractivity contribution in [3.8, 4) is 5.88 Å². The second-order valence-electron chi connectivity index (χ2n) is 10.1. The minimum absolute atomic E-state index is 0.360. The van der Waals surface area contributed by atoms with E-state index in [1.807, 2.05) is 66.7 Å². The summed E-state index contributed by atoms with van der Waals surface area (Å²) in [4.78, 5) is 24.4. The van der Waals surface area contributed by atoms with Crippen LogP contribution in [0.4, 0.5) is 32.0 Å². The van der Waals surface area contributed by atoms with Crippen LogP contribution in [0.3, 0.4) is 0 Å². The zero-order chi connectivity index (χ0) is 34.3. The molecule has 1 fully saturated rings. The van der Waals surface area contributed by atoms with E-state index in [0.717, 1.165) is 22.4 Å². The fourth-order valence-electron chi connectivity index (χ4n) is 5.04. The molecular weight excluding hydrogens is 648 g/mol. The monoisotopic (exact) mass is 677 g/mol. The first-order valence-electron chi connectivity index (χ1n) is 13.4. The number of fused-ring (bicyclic) bond motifs is 2. The molecule has 1 saturated heterocycles. The molecule has 0 aliphatic carbocycles. The van der Waals surface area contributed by atoms with Crippen molar-refractivity contribution in [1.82, 2.24) is 9.88 Å². The van der Waals surface area contributed by atoms with E-state index < -0.39 is 39.1 Å². The number of ether oxygens (including phenoxy) is 1. The number of hydrogen-bond acceptors (Lipinski definition) is 7. The van der Waals surface area contributed by atoms with E-state index in [4.69, 9.17) is 24.5 Å². The normalized spacial score (nSPS) is 16.7. The molecule has 3 heterocycles. The number of methoxy groups -OCH3 is 1. The number of aromatic nitrogens is 1. The predicted octanol–water partition coefficient (Wildman–Crippen LogP) is 5.20. The van der Waals surface area contributed by atoms with Crippen molar-refractivity contribution in [3.05, 3.63) is 89.6 Å². The molecule has 0 unspecified atom stereocenters. The van der Waals surface area contributed by atoms with Crippen molar-refractivity contribution in [1.29, 1.82) is 0 Å². The Hall–Kier alpha value is -4.38. The molecule has 0 radical (unpaired) electrons. The molecule has 2 N–H and O–H groups in total. The van der Waals surface area contributed by atoms with Crippen molar-refractivity contribution < 1.29 is 59.3 Å². The second kappa shape index (κ2) is 14.4. The number of para-hydroxylation sites is 1. The molecule has 2 aliphatic heterocycles. The first-order chi connectivity index (χ1) is 21.4. The molecule has 0 atom stereocenters. The van der Waals surface area contributed by atoms with Crippen LogP contribution in [0.5, 0.6) is 5.88 Å². The second-order valence-corrected chi connectivity index (χ2v) is 12.2. The highest BCUT2D eigenvalue weighted by Crippen LogP contribution is 2.53. The number of carbonyl (C=O) groups is 2. The summed E-state index contributed by atoms with van der Waals surface area (Å²) in [5.74, 6) is -4.89. The van der Waals surface area contributed by atoms with Crippen LogP contribution < -0.4 is 9.04 Å². The summed E-state index contributed by atoms with van der Waals surface area (Å²) in [7, 11) is -1.92. The van der Waals surface area contributed by atoms with E-state index in [9.17, 15) is 34.8 Å². The summed E-state index contributed by atoms with van der Waals surface area (Å²) in [6, 6.07) is 21.5. The summed E-state index contributed by atoms with van der Waals surface area (Å²) in [5, 5.41) is 14.2. The summed E-state index contributed by atoms with van der Waals surface area (Å²) >= 11 is 0. The topological polar surface area (TPSA) is 137 Å². The Labute approximate surface area is 259 Å². The molecule has 2 aliphatic rings. The van der Waals surface area contributed by atoms with Crippen molar-refractivity contribution >= 4 is 27.6 Å². The number of alkyl halides is 6. The maximum Gasteiger partial charge on any atom is 0.490 e. The molecule has 0 bridgehead atoms. The van der Waals surface area contributed by atoms with Crippen LogP contribution in [0.2, 0.25) is 0 Å². The predicted molar refractivity (Wildman–Crippen MR) is 152 cm³/mol. The average Bonchev–Trinajstić information content (AvgIpc) is 3.17. The van der Waals surface area contributed by atoms with Crippen LogP contribution in [0, 0.1) is 0 Å². The Morgan fingerprint density at radius 2 is 1.37 bits per heavy atom.